The number of sulfonamides is 1. The van der Waals surface area contributed by atoms with Crippen LogP contribution in [0.15, 0.2) is 64.0 Å². The minimum absolute atomic E-state index is 0.0538. The Kier molecular flexibility index (Phi) is 6.71. The summed E-state index contributed by atoms with van der Waals surface area (Å²) in [5, 5.41) is 0. The monoisotopic (exact) mass is 480 g/mol. The van der Waals surface area contributed by atoms with E-state index in [2.05, 4.69) is 20.7 Å². The van der Waals surface area contributed by atoms with Gasteiger partial charge < -0.3 is 9.64 Å². The second-order valence-electron chi connectivity index (χ2n) is 6.57. The summed E-state index contributed by atoms with van der Waals surface area (Å²) in [6, 6.07) is 14.5. The van der Waals surface area contributed by atoms with Gasteiger partial charge in [-0.25, -0.2) is 13.1 Å². The molecular weight excluding hydrogens is 460 g/mol. The molecule has 2 aromatic rings. The summed E-state index contributed by atoms with van der Waals surface area (Å²) in [6.07, 6.45) is -0.461. The van der Waals surface area contributed by atoms with E-state index in [9.17, 15) is 18.0 Å². The van der Waals surface area contributed by atoms with Crippen LogP contribution in [-0.4, -0.2) is 44.4 Å². The smallest absolute Gasteiger partial charge is 0.265 e. The molecule has 1 aliphatic rings. The Hall–Kier alpha value is -2.23. The number of hydrogen-bond donors (Lipinski definition) is 1. The van der Waals surface area contributed by atoms with Crippen molar-refractivity contribution in [3.05, 3.63) is 64.6 Å². The summed E-state index contributed by atoms with van der Waals surface area (Å²) >= 11 is 3.19. The second-order valence-corrected chi connectivity index (χ2v) is 9.08. The zero-order valence-electron chi connectivity index (χ0n) is 15.7. The van der Waals surface area contributed by atoms with Crippen LogP contribution in [0.1, 0.15) is 24.9 Å². The van der Waals surface area contributed by atoms with E-state index >= 15 is 0 Å². The van der Waals surface area contributed by atoms with Gasteiger partial charge in [-0.2, -0.15) is 0 Å². The van der Waals surface area contributed by atoms with Gasteiger partial charge in [0.15, 0.2) is 6.10 Å². The molecule has 1 fully saturated rings. The molecule has 29 heavy (non-hydrogen) atoms. The predicted octanol–water partition coefficient (Wildman–Crippen LogP) is 2.63. The largest absolute Gasteiger partial charge is 0.356 e. The fraction of sp³-hybridized carbons (Fsp3) is 0.300. The first kappa shape index (κ1) is 21.5. The molecule has 2 atom stereocenters. The van der Waals surface area contributed by atoms with Gasteiger partial charge in [-0.05, 0) is 40.0 Å². The number of morpholine rings is 1. The third-order valence-corrected chi connectivity index (χ3v) is 6.91. The lowest BCUT2D eigenvalue weighted by atomic mass is 9.97. The fourth-order valence-electron chi connectivity index (χ4n) is 3.29. The molecule has 0 saturated carbocycles. The molecule has 154 valence electrons. The van der Waals surface area contributed by atoms with Crippen LogP contribution < -0.4 is 4.72 Å². The van der Waals surface area contributed by atoms with Gasteiger partial charge in [0.25, 0.3) is 15.9 Å². The number of halogens is 1. The third kappa shape index (κ3) is 4.68. The number of ether oxygens (including phenoxy) is 1. The normalized spacial score (nSPS) is 19.8. The number of carbonyl (C=O) groups is 2. The number of benzene rings is 2. The molecule has 0 radical (unpaired) electrons. The Labute approximate surface area is 178 Å². The van der Waals surface area contributed by atoms with Crippen molar-refractivity contribution < 1.29 is 22.7 Å². The number of rotatable bonds is 6. The van der Waals surface area contributed by atoms with Crippen molar-refractivity contribution in [3.8, 4) is 0 Å². The van der Waals surface area contributed by atoms with Gasteiger partial charge in [0.1, 0.15) is 11.5 Å². The Balaban J connectivity index is 1.93. The average Bonchev–Trinajstić information content (AvgIpc) is 2.70. The standard InChI is InChI=1S/C20H21BrN2O5S/c1-2-12-23-17(24)13-28-19(18(23)14-8-4-3-5-9-14)20(25)22-29(26,27)16-11-7-6-10-15(16)21/h3-11,18-19H,2,12-13H2,1H3,(H,22,25)/t18-,19-/m1/s1. The maximum atomic E-state index is 13.0. The van der Waals surface area contributed by atoms with Gasteiger partial charge in [0.05, 0.1) is 6.04 Å². The van der Waals surface area contributed by atoms with Crippen LogP contribution in [0.5, 0.6) is 0 Å². The molecule has 0 aromatic heterocycles. The molecule has 0 unspecified atom stereocenters. The van der Waals surface area contributed by atoms with E-state index in [1.54, 1.807) is 47.4 Å². The number of nitrogens with zero attached hydrogens (tertiary/aromatic N) is 1. The molecule has 1 saturated heterocycles. The summed E-state index contributed by atoms with van der Waals surface area (Å²) in [4.78, 5) is 26.9. The maximum absolute atomic E-state index is 13.0. The van der Waals surface area contributed by atoms with Crippen molar-refractivity contribution in [1.29, 1.82) is 0 Å². The quantitative estimate of drug-likeness (QED) is 0.685. The molecule has 3 rings (SSSR count). The maximum Gasteiger partial charge on any atom is 0.265 e. The first-order valence-corrected chi connectivity index (χ1v) is 11.4. The van der Waals surface area contributed by atoms with E-state index in [0.717, 1.165) is 0 Å². The number of hydrogen-bond acceptors (Lipinski definition) is 5. The van der Waals surface area contributed by atoms with Crippen molar-refractivity contribution in [1.82, 2.24) is 9.62 Å². The number of amides is 2. The lowest BCUT2D eigenvalue weighted by molar-refractivity contribution is -0.163. The van der Waals surface area contributed by atoms with Gasteiger partial charge in [-0.1, -0.05) is 49.4 Å². The molecule has 0 spiro atoms. The van der Waals surface area contributed by atoms with Crippen LogP contribution in [0, 0.1) is 0 Å². The van der Waals surface area contributed by atoms with Crippen LogP contribution in [0.4, 0.5) is 0 Å². The summed E-state index contributed by atoms with van der Waals surface area (Å²) in [7, 11) is -4.12. The Morgan fingerprint density at radius 2 is 1.83 bits per heavy atom. The molecule has 0 aliphatic carbocycles. The molecule has 9 heteroatoms. The molecule has 7 nitrogen and oxygen atoms in total. The van der Waals surface area contributed by atoms with Crippen molar-refractivity contribution >= 4 is 37.8 Å². The highest BCUT2D eigenvalue weighted by atomic mass is 79.9. The van der Waals surface area contributed by atoms with Crippen LogP contribution in [-0.2, 0) is 24.3 Å². The van der Waals surface area contributed by atoms with Crippen molar-refractivity contribution in [3.63, 3.8) is 0 Å². The van der Waals surface area contributed by atoms with Gasteiger partial charge in [-0.15, -0.1) is 0 Å². The zero-order chi connectivity index (χ0) is 21.0. The van der Waals surface area contributed by atoms with Gasteiger partial charge in [0, 0.05) is 11.0 Å². The minimum atomic E-state index is -4.12. The molecule has 1 aliphatic heterocycles. The summed E-state index contributed by atoms with van der Waals surface area (Å²) in [6.45, 7) is 2.08. The van der Waals surface area contributed by atoms with Crippen molar-refractivity contribution in [2.24, 2.45) is 0 Å². The second kappa shape index (κ2) is 9.06. The van der Waals surface area contributed by atoms with Gasteiger partial charge in [-0.3, -0.25) is 9.59 Å². The van der Waals surface area contributed by atoms with Crippen LogP contribution in [0.25, 0.3) is 0 Å². The summed E-state index contributed by atoms with van der Waals surface area (Å²) < 4.78 is 33.4. The summed E-state index contributed by atoms with van der Waals surface area (Å²) in [5.41, 5.74) is 0.701. The highest BCUT2D eigenvalue weighted by molar-refractivity contribution is 9.10. The zero-order valence-corrected chi connectivity index (χ0v) is 18.1. The highest BCUT2D eigenvalue weighted by Gasteiger charge is 2.42. The predicted molar refractivity (Wildman–Crippen MR) is 110 cm³/mol. The van der Waals surface area contributed by atoms with Gasteiger partial charge >= 0.3 is 0 Å². The SMILES string of the molecule is CCCN1C(=O)CO[C@@H](C(=O)NS(=O)(=O)c2ccccc2Br)[C@H]1c1ccccc1. The van der Waals surface area contributed by atoms with Crippen molar-refractivity contribution in [2.75, 3.05) is 13.2 Å². The molecule has 0 bridgehead atoms. The Morgan fingerprint density at radius 1 is 1.17 bits per heavy atom. The van der Waals surface area contributed by atoms with E-state index in [1.807, 2.05) is 13.0 Å². The molecule has 1 N–H and O–H groups in total. The molecule has 2 aromatic carbocycles. The van der Waals surface area contributed by atoms with Crippen molar-refractivity contribution in [2.45, 2.75) is 30.4 Å². The lowest BCUT2D eigenvalue weighted by Gasteiger charge is -2.40. The topological polar surface area (TPSA) is 92.8 Å². The van der Waals surface area contributed by atoms with E-state index < -0.39 is 28.1 Å². The van der Waals surface area contributed by atoms with E-state index in [0.29, 0.717) is 23.0 Å². The van der Waals surface area contributed by atoms with E-state index in [4.69, 9.17) is 4.74 Å². The Morgan fingerprint density at radius 3 is 2.48 bits per heavy atom. The number of carbonyl (C=O) groups excluding carboxylic acids is 2. The van der Waals surface area contributed by atoms with Crippen LogP contribution in [0.2, 0.25) is 0 Å². The Bertz CT molecular complexity index is 997. The first-order valence-electron chi connectivity index (χ1n) is 9.12. The van der Waals surface area contributed by atoms with Crippen LogP contribution >= 0.6 is 15.9 Å². The first-order chi connectivity index (χ1) is 13.8. The summed E-state index contributed by atoms with van der Waals surface area (Å²) in [5.74, 6) is -1.05. The number of nitrogens with one attached hydrogen (secondary N) is 1. The van der Waals surface area contributed by atoms with E-state index in [1.165, 1.54) is 6.07 Å². The minimum Gasteiger partial charge on any atom is -0.356 e. The highest BCUT2D eigenvalue weighted by Crippen LogP contribution is 2.31. The third-order valence-electron chi connectivity index (χ3n) is 4.55. The van der Waals surface area contributed by atoms with Crippen LogP contribution in [0.3, 0.4) is 0 Å². The molecular formula is C20H21BrN2O5S. The average molecular weight is 481 g/mol. The lowest BCUT2D eigenvalue weighted by Crippen LogP contribution is -2.55. The van der Waals surface area contributed by atoms with E-state index in [-0.39, 0.29) is 17.4 Å². The fourth-order valence-corrected chi connectivity index (χ4v) is 5.29. The van der Waals surface area contributed by atoms with Gasteiger partial charge in [0.2, 0.25) is 5.91 Å². The molecule has 1 heterocycles. The molecule has 2 amide bonds.